The average Bonchev–Trinajstić information content (AvgIpc) is 2.20. The van der Waals surface area contributed by atoms with E-state index < -0.39 is 0 Å². The maximum absolute atomic E-state index is 5.76. The summed E-state index contributed by atoms with van der Waals surface area (Å²) >= 11 is 5.76. The summed E-state index contributed by atoms with van der Waals surface area (Å²) in [5.74, 6) is 0. The van der Waals surface area contributed by atoms with Crippen molar-refractivity contribution in [2.75, 3.05) is 13.6 Å². The van der Waals surface area contributed by atoms with Gasteiger partial charge in [0.05, 0.1) is 0 Å². The van der Waals surface area contributed by atoms with Crippen molar-refractivity contribution in [3.8, 4) is 0 Å². The number of halogens is 1. The lowest BCUT2D eigenvalue weighted by atomic mass is 9.97. The highest BCUT2D eigenvalue weighted by molar-refractivity contribution is 6.29. The van der Waals surface area contributed by atoms with Crippen LogP contribution in [0.3, 0.4) is 0 Å². The fourth-order valence-electron chi connectivity index (χ4n) is 2.08. The van der Waals surface area contributed by atoms with Crippen LogP contribution in [0.2, 0.25) is 5.15 Å². The molecule has 14 heavy (non-hydrogen) atoms. The van der Waals surface area contributed by atoms with Crippen molar-refractivity contribution in [3.05, 3.63) is 29.0 Å². The van der Waals surface area contributed by atoms with Crippen molar-refractivity contribution < 1.29 is 0 Å². The molecule has 0 aliphatic carbocycles. The van der Waals surface area contributed by atoms with Crippen LogP contribution in [-0.2, 0) is 0 Å². The Kier molecular flexibility index (Phi) is 3.04. The molecule has 1 aromatic rings. The third kappa shape index (κ3) is 2.07. The van der Waals surface area contributed by atoms with Crippen LogP contribution in [0.5, 0.6) is 0 Å². The molecule has 0 saturated carbocycles. The van der Waals surface area contributed by atoms with Crippen LogP contribution in [0.15, 0.2) is 18.3 Å². The molecule has 0 bridgehead atoms. The van der Waals surface area contributed by atoms with E-state index in [0.717, 1.165) is 0 Å². The normalized spacial score (nSPS) is 23.7. The second kappa shape index (κ2) is 4.28. The van der Waals surface area contributed by atoms with Crippen LogP contribution in [0.1, 0.15) is 30.9 Å². The maximum atomic E-state index is 5.76. The zero-order valence-electron chi connectivity index (χ0n) is 8.41. The molecule has 0 N–H and O–H groups in total. The van der Waals surface area contributed by atoms with Crippen molar-refractivity contribution >= 4 is 11.6 Å². The number of piperidine rings is 1. The topological polar surface area (TPSA) is 16.1 Å². The number of pyridine rings is 1. The molecule has 1 aliphatic rings. The van der Waals surface area contributed by atoms with E-state index in [4.69, 9.17) is 11.6 Å². The van der Waals surface area contributed by atoms with Gasteiger partial charge < -0.3 is 0 Å². The first-order valence-electron chi connectivity index (χ1n) is 5.09. The Balaban J connectivity index is 2.16. The zero-order chi connectivity index (χ0) is 9.97. The zero-order valence-corrected chi connectivity index (χ0v) is 9.17. The highest BCUT2D eigenvalue weighted by Gasteiger charge is 2.20. The van der Waals surface area contributed by atoms with Crippen LogP contribution in [-0.4, -0.2) is 23.5 Å². The molecule has 3 heteroatoms. The molecule has 2 rings (SSSR count). The van der Waals surface area contributed by atoms with Crippen LogP contribution < -0.4 is 0 Å². The SMILES string of the molecule is CN1CCCC[C@H]1c1ccc(Cl)nc1. The van der Waals surface area contributed by atoms with Gasteiger partial charge in [0.25, 0.3) is 0 Å². The molecule has 76 valence electrons. The molecule has 1 saturated heterocycles. The third-order valence-corrected chi connectivity index (χ3v) is 3.13. The van der Waals surface area contributed by atoms with E-state index in [2.05, 4.69) is 23.0 Å². The van der Waals surface area contributed by atoms with Gasteiger partial charge in [-0.15, -0.1) is 0 Å². The Hall–Kier alpha value is -0.600. The maximum Gasteiger partial charge on any atom is 0.129 e. The number of nitrogens with zero attached hydrogens (tertiary/aromatic N) is 2. The minimum Gasteiger partial charge on any atom is -0.299 e. The molecule has 0 unspecified atom stereocenters. The van der Waals surface area contributed by atoms with Crippen molar-refractivity contribution in [2.24, 2.45) is 0 Å². The lowest BCUT2D eigenvalue weighted by molar-refractivity contribution is 0.187. The van der Waals surface area contributed by atoms with Crippen LogP contribution in [0, 0.1) is 0 Å². The summed E-state index contributed by atoms with van der Waals surface area (Å²) in [5, 5.41) is 0.576. The largest absolute Gasteiger partial charge is 0.299 e. The van der Waals surface area contributed by atoms with E-state index in [9.17, 15) is 0 Å². The summed E-state index contributed by atoms with van der Waals surface area (Å²) in [7, 11) is 2.18. The first-order valence-corrected chi connectivity index (χ1v) is 5.47. The molecule has 1 fully saturated rings. The predicted molar refractivity (Wildman–Crippen MR) is 58.5 cm³/mol. The third-order valence-electron chi connectivity index (χ3n) is 2.91. The fourth-order valence-corrected chi connectivity index (χ4v) is 2.19. The van der Waals surface area contributed by atoms with Crippen molar-refractivity contribution in [2.45, 2.75) is 25.3 Å². The van der Waals surface area contributed by atoms with Gasteiger partial charge in [-0.1, -0.05) is 24.1 Å². The Morgan fingerprint density at radius 3 is 2.93 bits per heavy atom. The molecular formula is C11H15ClN2. The minimum atomic E-state index is 0.536. The highest BCUT2D eigenvalue weighted by atomic mass is 35.5. The Morgan fingerprint density at radius 1 is 1.43 bits per heavy atom. The molecule has 1 atom stereocenters. The van der Waals surface area contributed by atoms with Gasteiger partial charge in [0.15, 0.2) is 0 Å². The molecular weight excluding hydrogens is 196 g/mol. The summed E-state index contributed by atoms with van der Waals surface area (Å²) in [6, 6.07) is 4.50. The summed E-state index contributed by atoms with van der Waals surface area (Å²) in [5.41, 5.74) is 1.29. The van der Waals surface area contributed by atoms with E-state index in [1.807, 2.05) is 12.3 Å². The van der Waals surface area contributed by atoms with E-state index >= 15 is 0 Å². The molecule has 0 amide bonds. The van der Waals surface area contributed by atoms with Crippen molar-refractivity contribution in [1.82, 2.24) is 9.88 Å². The number of aromatic nitrogens is 1. The summed E-state index contributed by atoms with van der Waals surface area (Å²) < 4.78 is 0. The number of rotatable bonds is 1. The Labute approximate surface area is 89.9 Å². The van der Waals surface area contributed by atoms with E-state index in [0.29, 0.717) is 11.2 Å². The monoisotopic (exact) mass is 210 g/mol. The van der Waals surface area contributed by atoms with Crippen LogP contribution in [0.25, 0.3) is 0 Å². The molecule has 1 aromatic heterocycles. The van der Waals surface area contributed by atoms with E-state index in [-0.39, 0.29) is 0 Å². The van der Waals surface area contributed by atoms with Crippen molar-refractivity contribution in [1.29, 1.82) is 0 Å². The Bertz CT molecular complexity index is 297. The van der Waals surface area contributed by atoms with Crippen LogP contribution >= 0.6 is 11.6 Å². The van der Waals surface area contributed by atoms with Gasteiger partial charge in [-0.25, -0.2) is 4.98 Å². The smallest absolute Gasteiger partial charge is 0.129 e. The number of hydrogen-bond donors (Lipinski definition) is 0. The molecule has 0 radical (unpaired) electrons. The van der Waals surface area contributed by atoms with Gasteiger partial charge in [-0.2, -0.15) is 0 Å². The van der Waals surface area contributed by atoms with E-state index in [1.54, 1.807) is 0 Å². The van der Waals surface area contributed by atoms with Gasteiger partial charge in [0.2, 0.25) is 0 Å². The fraction of sp³-hybridized carbons (Fsp3) is 0.545. The lowest BCUT2D eigenvalue weighted by Crippen LogP contribution is -2.29. The summed E-state index contributed by atoms with van der Waals surface area (Å²) in [4.78, 5) is 6.52. The first kappa shape index (κ1) is 9.94. The second-order valence-corrected chi connectivity index (χ2v) is 4.29. The predicted octanol–water partition coefficient (Wildman–Crippen LogP) is 2.89. The molecule has 1 aliphatic heterocycles. The number of likely N-dealkylation sites (tertiary alicyclic amines) is 1. The lowest BCUT2D eigenvalue weighted by Gasteiger charge is -2.32. The second-order valence-electron chi connectivity index (χ2n) is 3.91. The van der Waals surface area contributed by atoms with Gasteiger partial charge in [-0.3, -0.25) is 4.90 Å². The summed E-state index contributed by atoms with van der Waals surface area (Å²) in [6.45, 7) is 1.19. The standard InChI is InChI=1S/C11H15ClN2/c1-14-7-3-2-4-10(14)9-5-6-11(12)13-8-9/h5-6,8,10H,2-4,7H2,1H3/t10-/m0/s1. The molecule has 0 spiro atoms. The first-order chi connectivity index (χ1) is 6.77. The van der Waals surface area contributed by atoms with Gasteiger partial charge in [0.1, 0.15) is 5.15 Å². The number of hydrogen-bond acceptors (Lipinski definition) is 2. The van der Waals surface area contributed by atoms with Gasteiger partial charge in [0, 0.05) is 12.2 Å². The quantitative estimate of drug-likeness (QED) is 0.663. The average molecular weight is 211 g/mol. The molecule has 2 nitrogen and oxygen atoms in total. The van der Waals surface area contributed by atoms with E-state index in [1.165, 1.54) is 31.4 Å². The highest BCUT2D eigenvalue weighted by Crippen LogP contribution is 2.29. The van der Waals surface area contributed by atoms with Crippen LogP contribution in [0.4, 0.5) is 0 Å². The Morgan fingerprint density at radius 2 is 2.29 bits per heavy atom. The van der Waals surface area contributed by atoms with Gasteiger partial charge in [-0.05, 0) is 38.1 Å². The van der Waals surface area contributed by atoms with Gasteiger partial charge >= 0.3 is 0 Å². The molecule has 0 aromatic carbocycles. The summed E-state index contributed by atoms with van der Waals surface area (Å²) in [6.07, 6.45) is 5.76. The van der Waals surface area contributed by atoms with Crippen molar-refractivity contribution in [3.63, 3.8) is 0 Å². The minimum absolute atomic E-state index is 0.536. The molecule has 2 heterocycles.